The number of carbonyl (C=O) groups is 1. The predicted octanol–water partition coefficient (Wildman–Crippen LogP) is 3.18. The van der Waals surface area contributed by atoms with Crippen molar-refractivity contribution in [1.29, 1.82) is 0 Å². The maximum absolute atomic E-state index is 11.3. The molecule has 3 rings (SSSR count). The Kier molecular flexibility index (Phi) is 4.41. The molecule has 0 aromatic heterocycles. The molecule has 9 heteroatoms. The van der Waals surface area contributed by atoms with Gasteiger partial charge in [0.15, 0.2) is 0 Å². The van der Waals surface area contributed by atoms with E-state index in [1.807, 2.05) is 0 Å². The Morgan fingerprint density at radius 3 is 2.23 bits per heavy atom. The molecule has 26 heavy (non-hydrogen) atoms. The zero-order chi connectivity index (χ0) is 18.9. The van der Waals surface area contributed by atoms with Gasteiger partial charge in [-0.25, -0.2) is 0 Å². The van der Waals surface area contributed by atoms with Crippen LogP contribution in [0.25, 0.3) is 10.8 Å². The number of hydrogen-bond acceptors (Lipinski definition) is 6. The Morgan fingerprint density at radius 2 is 1.62 bits per heavy atom. The van der Waals surface area contributed by atoms with Crippen molar-refractivity contribution in [2.24, 2.45) is 16.0 Å². The van der Waals surface area contributed by atoms with Gasteiger partial charge in [0.25, 0.3) is 10.1 Å². The van der Waals surface area contributed by atoms with E-state index >= 15 is 0 Å². The topological polar surface area (TPSA) is 148 Å². The van der Waals surface area contributed by atoms with Gasteiger partial charge in [-0.1, -0.05) is 6.07 Å². The van der Waals surface area contributed by atoms with Crippen molar-refractivity contribution in [3.63, 3.8) is 0 Å². The fourth-order valence-corrected chi connectivity index (χ4v) is 2.89. The Morgan fingerprint density at radius 1 is 0.923 bits per heavy atom. The molecule has 0 bridgehead atoms. The number of amides is 1. The molecule has 5 N–H and O–H groups in total. The Hall–Kier alpha value is -3.30. The summed E-state index contributed by atoms with van der Waals surface area (Å²) in [7, 11) is -4.34. The summed E-state index contributed by atoms with van der Waals surface area (Å²) in [5.74, 6) is -0.535. The van der Waals surface area contributed by atoms with Crippen LogP contribution in [0.15, 0.2) is 69.7 Å². The molecule has 0 aliphatic rings. The van der Waals surface area contributed by atoms with E-state index in [2.05, 4.69) is 10.2 Å². The van der Waals surface area contributed by atoms with Crippen LogP contribution in [0.5, 0.6) is 0 Å². The number of azo groups is 1. The highest BCUT2D eigenvalue weighted by Gasteiger charge is 2.12. The number of benzene rings is 3. The van der Waals surface area contributed by atoms with Crippen molar-refractivity contribution in [2.75, 3.05) is 5.73 Å². The van der Waals surface area contributed by atoms with Crippen LogP contribution in [0.1, 0.15) is 10.4 Å². The zero-order valence-electron chi connectivity index (χ0n) is 13.3. The van der Waals surface area contributed by atoms with Crippen molar-refractivity contribution in [1.82, 2.24) is 0 Å². The highest BCUT2D eigenvalue weighted by atomic mass is 32.2. The lowest BCUT2D eigenvalue weighted by Crippen LogP contribution is -2.10. The van der Waals surface area contributed by atoms with Crippen LogP contribution in [0.2, 0.25) is 0 Å². The van der Waals surface area contributed by atoms with Gasteiger partial charge >= 0.3 is 0 Å². The summed E-state index contributed by atoms with van der Waals surface area (Å²) >= 11 is 0. The van der Waals surface area contributed by atoms with Gasteiger partial charge in [-0.05, 0) is 48.5 Å². The van der Waals surface area contributed by atoms with E-state index in [1.54, 1.807) is 24.3 Å². The van der Waals surface area contributed by atoms with Gasteiger partial charge in [0.1, 0.15) is 0 Å². The molecule has 3 aromatic rings. The van der Waals surface area contributed by atoms with Crippen LogP contribution < -0.4 is 11.5 Å². The highest BCUT2D eigenvalue weighted by molar-refractivity contribution is 7.85. The van der Waals surface area contributed by atoms with Gasteiger partial charge in [-0.2, -0.15) is 13.5 Å². The fourth-order valence-electron chi connectivity index (χ4n) is 2.39. The van der Waals surface area contributed by atoms with E-state index < -0.39 is 16.0 Å². The summed E-state index contributed by atoms with van der Waals surface area (Å²) in [6.45, 7) is 0. The molecule has 132 valence electrons. The molecule has 0 radical (unpaired) electrons. The highest BCUT2D eigenvalue weighted by Crippen LogP contribution is 2.33. The number of anilines is 1. The minimum Gasteiger partial charge on any atom is -0.398 e. The van der Waals surface area contributed by atoms with Gasteiger partial charge in [0.05, 0.1) is 16.3 Å². The molecule has 8 nitrogen and oxygen atoms in total. The maximum Gasteiger partial charge on any atom is 0.294 e. The number of hydrogen-bond donors (Lipinski definition) is 3. The van der Waals surface area contributed by atoms with Crippen molar-refractivity contribution in [2.45, 2.75) is 4.90 Å². The van der Waals surface area contributed by atoms with Gasteiger partial charge in [0, 0.05) is 22.0 Å². The van der Waals surface area contributed by atoms with Gasteiger partial charge < -0.3 is 11.5 Å². The first-order valence-corrected chi connectivity index (χ1v) is 8.81. The van der Waals surface area contributed by atoms with Gasteiger partial charge in [-0.15, -0.1) is 5.11 Å². The summed E-state index contributed by atoms with van der Waals surface area (Å²) in [6.07, 6.45) is 0. The largest absolute Gasteiger partial charge is 0.398 e. The van der Waals surface area contributed by atoms with Gasteiger partial charge in [0.2, 0.25) is 5.91 Å². The van der Waals surface area contributed by atoms with Crippen LogP contribution in [0.3, 0.4) is 0 Å². The summed E-state index contributed by atoms with van der Waals surface area (Å²) in [4.78, 5) is 10.8. The van der Waals surface area contributed by atoms with Crippen LogP contribution in [0.4, 0.5) is 17.1 Å². The smallest absolute Gasteiger partial charge is 0.294 e. The van der Waals surface area contributed by atoms with E-state index in [-0.39, 0.29) is 4.90 Å². The van der Waals surface area contributed by atoms with Crippen LogP contribution >= 0.6 is 0 Å². The normalized spacial score (nSPS) is 11.9. The molecule has 0 unspecified atom stereocenters. The lowest BCUT2D eigenvalue weighted by molar-refractivity contribution is 0.100. The van der Waals surface area contributed by atoms with Gasteiger partial charge in [-0.3, -0.25) is 9.35 Å². The Balaban J connectivity index is 2.02. The lowest BCUT2D eigenvalue weighted by Gasteiger charge is -2.06. The average molecular weight is 370 g/mol. The van der Waals surface area contributed by atoms with E-state index in [0.717, 1.165) is 0 Å². The summed E-state index contributed by atoms with van der Waals surface area (Å²) in [5, 5.41) is 9.26. The van der Waals surface area contributed by atoms with Crippen molar-refractivity contribution >= 4 is 43.9 Å². The third-order valence-electron chi connectivity index (χ3n) is 3.72. The second-order valence-electron chi connectivity index (χ2n) is 5.47. The van der Waals surface area contributed by atoms with E-state index in [0.29, 0.717) is 33.4 Å². The minimum absolute atomic E-state index is 0.257. The van der Waals surface area contributed by atoms with Crippen LogP contribution in [-0.4, -0.2) is 18.9 Å². The number of fused-ring (bicyclic) bond motifs is 1. The zero-order valence-corrected chi connectivity index (χ0v) is 14.1. The molecule has 0 fully saturated rings. The predicted molar refractivity (Wildman–Crippen MR) is 97.3 cm³/mol. The number of nitrogen functional groups attached to an aromatic ring is 1. The molecular weight excluding hydrogens is 356 g/mol. The third kappa shape index (κ3) is 3.53. The number of nitrogens with two attached hydrogens (primary N) is 2. The lowest BCUT2D eigenvalue weighted by atomic mass is 10.1. The van der Waals surface area contributed by atoms with E-state index in [4.69, 9.17) is 11.5 Å². The minimum atomic E-state index is -4.34. The molecule has 0 heterocycles. The monoisotopic (exact) mass is 370 g/mol. The molecule has 0 saturated heterocycles. The maximum atomic E-state index is 11.3. The first kappa shape index (κ1) is 17.5. The quantitative estimate of drug-likeness (QED) is 0.366. The molecule has 0 saturated carbocycles. The molecule has 1 amide bonds. The molecule has 0 aliphatic heterocycles. The second-order valence-corrected chi connectivity index (χ2v) is 6.89. The first-order valence-electron chi connectivity index (χ1n) is 7.37. The van der Waals surface area contributed by atoms with Crippen molar-refractivity contribution < 1.29 is 17.8 Å². The number of carbonyl (C=O) groups excluding carboxylic acids is 1. The molecule has 0 spiro atoms. The fraction of sp³-hybridized carbons (Fsp3) is 0. The Labute approximate surface area is 148 Å². The number of primary amides is 1. The van der Waals surface area contributed by atoms with Crippen molar-refractivity contribution in [3.8, 4) is 0 Å². The summed E-state index contributed by atoms with van der Waals surface area (Å²) < 4.78 is 31.8. The Bertz CT molecular complexity index is 1140. The number of rotatable bonds is 4. The second kappa shape index (κ2) is 6.54. The average Bonchev–Trinajstić information content (AvgIpc) is 2.60. The van der Waals surface area contributed by atoms with Crippen molar-refractivity contribution in [3.05, 3.63) is 60.2 Å². The molecule has 0 aliphatic carbocycles. The standard InChI is InChI=1S/C17H14N4O4S/c18-15-7-8-16(13-6-5-12(9-14(13)15)26(23,24)25)21-20-11-3-1-10(2-4-11)17(19)22/h1-9H,18H2,(H2,19,22)(H,23,24,25). The SMILES string of the molecule is NC(=O)c1ccc(N=Nc2ccc(N)c3cc(S(=O)(=O)O)ccc23)cc1. The van der Waals surface area contributed by atoms with E-state index in [1.165, 1.54) is 30.3 Å². The summed E-state index contributed by atoms with van der Waals surface area (Å²) in [6, 6.07) is 13.5. The molecule has 3 aromatic carbocycles. The summed E-state index contributed by atoms with van der Waals surface area (Å²) in [5.41, 5.74) is 12.8. The molecular formula is C17H14N4O4S. The van der Waals surface area contributed by atoms with Crippen LogP contribution in [0, 0.1) is 0 Å². The third-order valence-corrected chi connectivity index (χ3v) is 4.57. The number of nitrogens with zero attached hydrogens (tertiary/aromatic N) is 2. The van der Waals surface area contributed by atoms with Crippen LogP contribution in [-0.2, 0) is 10.1 Å². The van der Waals surface area contributed by atoms with E-state index in [9.17, 15) is 17.8 Å². The first-order chi connectivity index (χ1) is 12.3. The molecule has 0 atom stereocenters.